The summed E-state index contributed by atoms with van der Waals surface area (Å²) in [5.74, 6) is 10.8. The van der Waals surface area contributed by atoms with Crippen molar-refractivity contribution in [2.45, 2.75) is 38.3 Å². The second kappa shape index (κ2) is 6.47. The maximum atomic E-state index is 5.61. The summed E-state index contributed by atoms with van der Waals surface area (Å²) in [5.41, 5.74) is 0. The van der Waals surface area contributed by atoms with Gasteiger partial charge in [0.25, 0.3) is 0 Å². The molecule has 17 heavy (non-hydrogen) atoms. The quantitative estimate of drug-likeness (QED) is 0.550. The molecule has 0 aromatic rings. The van der Waals surface area contributed by atoms with Crippen LogP contribution in [0.3, 0.4) is 0 Å². The molecule has 0 aromatic heterocycles. The smallest absolute Gasteiger partial charge is 0.163 e. The molecule has 0 aromatic carbocycles. The van der Waals surface area contributed by atoms with Gasteiger partial charge in [-0.3, -0.25) is 0 Å². The SMILES string of the molecule is C=C[C@H](C#CC#CC[C@@H]1COC(C)(C)O1)OC. The van der Waals surface area contributed by atoms with Crippen molar-refractivity contribution in [3.63, 3.8) is 0 Å². The van der Waals surface area contributed by atoms with E-state index < -0.39 is 5.79 Å². The highest BCUT2D eigenvalue weighted by molar-refractivity contribution is 5.29. The lowest BCUT2D eigenvalue weighted by molar-refractivity contribution is -0.137. The van der Waals surface area contributed by atoms with Crippen LogP contribution in [0.5, 0.6) is 0 Å². The molecule has 0 N–H and O–H groups in total. The van der Waals surface area contributed by atoms with E-state index in [1.165, 1.54) is 0 Å². The Morgan fingerprint density at radius 3 is 2.82 bits per heavy atom. The van der Waals surface area contributed by atoms with Gasteiger partial charge in [0.1, 0.15) is 6.10 Å². The minimum Gasteiger partial charge on any atom is -0.365 e. The summed E-state index contributed by atoms with van der Waals surface area (Å²) < 4.78 is 16.0. The number of ether oxygens (including phenoxy) is 3. The number of hydrogen-bond donors (Lipinski definition) is 0. The van der Waals surface area contributed by atoms with E-state index in [4.69, 9.17) is 14.2 Å². The van der Waals surface area contributed by atoms with Gasteiger partial charge in [0, 0.05) is 13.5 Å². The van der Waals surface area contributed by atoms with Crippen molar-refractivity contribution in [3.8, 4) is 23.7 Å². The molecule has 1 aliphatic rings. The zero-order valence-corrected chi connectivity index (χ0v) is 10.6. The third kappa shape index (κ3) is 5.06. The molecule has 0 unspecified atom stereocenters. The molecule has 1 heterocycles. The van der Waals surface area contributed by atoms with Crippen LogP contribution < -0.4 is 0 Å². The molecule has 0 spiro atoms. The summed E-state index contributed by atoms with van der Waals surface area (Å²) in [6.45, 7) is 7.98. The van der Waals surface area contributed by atoms with Gasteiger partial charge in [-0.1, -0.05) is 24.5 Å². The van der Waals surface area contributed by atoms with E-state index in [-0.39, 0.29) is 12.2 Å². The topological polar surface area (TPSA) is 27.7 Å². The van der Waals surface area contributed by atoms with E-state index in [2.05, 4.69) is 30.3 Å². The maximum absolute atomic E-state index is 5.61. The molecule has 0 aliphatic carbocycles. The predicted molar refractivity (Wildman–Crippen MR) is 66.1 cm³/mol. The van der Waals surface area contributed by atoms with Crippen molar-refractivity contribution in [1.29, 1.82) is 0 Å². The van der Waals surface area contributed by atoms with Gasteiger partial charge in [0.05, 0.1) is 12.7 Å². The van der Waals surface area contributed by atoms with E-state index in [0.29, 0.717) is 13.0 Å². The number of rotatable bonds is 3. The van der Waals surface area contributed by atoms with Crippen molar-refractivity contribution in [1.82, 2.24) is 0 Å². The molecular formula is C14H18O3. The molecule has 3 nitrogen and oxygen atoms in total. The van der Waals surface area contributed by atoms with Crippen molar-refractivity contribution in [2.24, 2.45) is 0 Å². The Labute approximate surface area is 103 Å². The molecule has 92 valence electrons. The monoisotopic (exact) mass is 234 g/mol. The van der Waals surface area contributed by atoms with Gasteiger partial charge in [0.15, 0.2) is 5.79 Å². The van der Waals surface area contributed by atoms with Crippen LogP contribution in [0, 0.1) is 23.7 Å². The predicted octanol–water partition coefficient (Wildman–Crippen LogP) is 1.74. The van der Waals surface area contributed by atoms with Crippen LogP contribution in [0.15, 0.2) is 12.7 Å². The normalized spacial score (nSPS) is 22.9. The molecule has 1 fully saturated rings. The summed E-state index contributed by atoms with van der Waals surface area (Å²) in [5, 5.41) is 0. The fourth-order valence-corrected chi connectivity index (χ4v) is 1.39. The van der Waals surface area contributed by atoms with Crippen LogP contribution in [0.1, 0.15) is 20.3 Å². The van der Waals surface area contributed by atoms with Gasteiger partial charge in [-0.25, -0.2) is 0 Å². The Balaban J connectivity index is 2.35. The lowest BCUT2D eigenvalue weighted by Crippen LogP contribution is -2.21. The molecule has 1 rings (SSSR count). The van der Waals surface area contributed by atoms with Gasteiger partial charge in [0.2, 0.25) is 0 Å². The van der Waals surface area contributed by atoms with Gasteiger partial charge in [-0.05, 0) is 25.7 Å². The van der Waals surface area contributed by atoms with E-state index in [1.807, 2.05) is 13.8 Å². The van der Waals surface area contributed by atoms with Crippen molar-refractivity contribution in [2.75, 3.05) is 13.7 Å². The summed E-state index contributed by atoms with van der Waals surface area (Å²) in [6.07, 6.45) is 2.04. The minimum atomic E-state index is -0.484. The zero-order valence-electron chi connectivity index (χ0n) is 10.6. The van der Waals surface area contributed by atoms with Gasteiger partial charge in [-0.2, -0.15) is 0 Å². The van der Waals surface area contributed by atoms with Crippen molar-refractivity contribution >= 4 is 0 Å². The zero-order chi connectivity index (χ0) is 12.7. The highest BCUT2D eigenvalue weighted by Crippen LogP contribution is 2.23. The number of hydrogen-bond acceptors (Lipinski definition) is 3. The molecule has 1 saturated heterocycles. The first kappa shape index (κ1) is 13.8. The molecule has 3 heteroatoms. The maximum Gasteiger partial charge on any atom is 0.163 e. The minimum absolute atomic E-state index is 0.0388. The standard InChI is InChI=1S/C14H18O3/c1-5-12(15-4)9-7-6-8-10-13-11-16-14(2,3)17-13/h5,12-13H,1,10-11H2,2-4H3/t12-,13-/m1/s1. The average Bonchev–Trinajstić information content (AvgIpc) is 2.63. The first-order valence-corrected chi connectivity index (χ1v) is 5.53. The van der Waals surface area contributed by atoms with E-state index in [0.717, 1.165) is 0 Å². The number of methoxy groups -OCH3 is 1. The second-order valence-electron chi connectivity index (χ2n) is 4.12. The van der Waals surface area contributed by atoms with E-state index in [1.54, 1.807) is 13.2 Å². The van der Waals surface area contributed by atoms with Gasteiger partial charge in [-0.15, -0.1) is 0 Å². The highest BCUT2D eigenvalue weighted by Gasteiger charge is 2.31. The Hall–Kier alpha value is -1.26. The van der Waals surface area contributed by atoms with E-state index in [9.17, 15) is 0 Å². The molecule has 0 radical (unpaired) electrons. The third-order valence-electron chi connectivity index (χ3n) is 2.23. The largest absolute Gasteiger partial charge is 0.365 e. The molecule has 2 atom stereocenters. The average molecular weight is 234 g/mol. The fraction of sp³-hybridized carbons (Fsp3) is 0.571. The molecule has 0 bridgehead atoms. The summed E-state index contributed by atoms with van der Waals surface area (Å²) in [7, 11) is 1.58. The lowest BCUT2D eigenvalue weighted by Gasteiger charge is -2.15. The summed E-state index contributed by atoms with van der Waals surface area (Å²) >= 11 is 0. The lowest BCUT2D eigenvalue weighted by atomic mass is 10.2. The Morgan fingerprint density at radius 2 is 2.29 bits per heavy atom. The Kier molecular flexibility index (Phi) is 5.25. The van der Waals surface area contributed by atoms with Crippen LogP contribution in [0.2, 0.25) is 0 Å². The van der Waals surface area contributed by atoms with Crippen LogP contribution in [-0.2, 0) is 14.2 Å². The third-order valence-corrected chi connectivity index (χ3v) is 2.23. The fourth-order valence-electron chi connectivity index (χ4n) is 1.39. The van der Waals surface area contributed by atoms with E-state index >= 15 is 0 Å². The van der Waals surface area contributed by atoms with Crippen LogP contribution in [-0.4, -0.2) is 31.7 Å². The molecule has 1 aliphatic heterocycles. The van der Waals surface area contributed by atoms with Crippen molar-refractivity contribution < 1.29 is 14.2 Å². The molecule has 0 saturated carbocycles. The Morgan fingerprint density at radius 1 is 1.53 bits per heavy atom. The molecular weight excluding hydrogens is 216 g/mol. The first-order chi connectivity index (χ1) is 8.07. The van der Waals surface area contributed by atoms with Crippen molar-refractivity contribution in [3.05, 3.63) is 12.7 Å². The van der Waals surface area contributed by atoms with Crippen LogP contribution in [0.25, 0.3) is 0 Å². The summed E-state index contributed by atoms with van der Waals surface area (Å²) in [4.78, 5) is 0. The summed E-state index contributed by atoms with van der Waals surface area (Å²) in [6, 6.07) is 0. The molecule has 0 amide bonds. The van der Waals surface area contributed by atoms with Crippen LogP contribution in [0.4, 0.5) is 0 Å². The van der Waals surface area contributed by atoms with Gasteiger partial charge >= 0.3 is 0 Å². The highest BCUT2D eigenvalue weighted by atomic mass is 16.7. The van der Waals surface area contributed by atoms with Gasteiger partial charge < -0.3 is 14.2 Å². The second-order valence-corrected chi connectivity index (χ2v) is 4.12. The van der Waals surface area contributed by atoms with Crippen LogP contribution >= 0.6 is 0 Å². The Bertz CT molecular complexity index is 376. The first-order valence-electron chi connectivity index (χ1n) is 5.53.